The largest absolute Gasteiger partial charge is 0.481 e. The normalized spacial score (nSPS) is 11.8. The smallest absolute Gasteiger partial charge is 0.261 e. The lowest BCUT2D eigenvalue weighted by Crippen LogP contribution is -2.39. The summed E-state index contributed by atoms with van der Waals surface area (Å²) in [6, 6.07) is 13.2. The summed E-state index contributed by atoms with van der Waals surface area (Å²) in [6.45, 7) is 4.52. The fourth-order valence-corrected chi connectivity index (χ4v) is 3.90. The molecule has 0 fully saturated rings. The van der Waals surface area contributed by atoms with E-state index in [-0.39, 0.29) is 5.91 Å². The van der Waals surface area contributed by atoms with Crippen LogP contribution in [0, 0.1) is 6.92 Å². The van der Waals surface area contributed by atoms with Crippen molar-refractivity contribution in [3.8, 4) is 5.75 Å². The lowest BCUT2D eigenvalue weighted by molar-refractivity contribution is -0.127. The quantitative estimate of drug-likeness (QED) is 0.552. The second kappa shape index (κ2) is 10.7. The number of hydrogen-bond donors (Lipinski definition) is 1. The minimum absolute atomic E-state index is 0.0931. The van der Waals surface area contributed by atoms with E-state index in [4.69, 9.17) is 27.9 Å². The fraction of sp³-hybridized carbons (Fsp3) is 0.350. The third kappa shape index (κ3) is 6.42. The number of ether oxygens (including phenoxy) is 1. The van der Waals surface area contributed by atoms with Crippen molar-refractivity contribution in [2.75, 3.05) is 12.3 Å². The lowest BCUT2D eigenvalue weighted by atomic mass is 10.2. The van der Waals surface area contributed by atoms with Crippen LogP contribution >= 0.6 is 35.0 Å². The van der Waals surface area contributed by atoms with Crippen molar-refractivity contribution in [1.29, 1.82) is 0 Å². The predicted molar refractivity (Wildman–Crippen MR) is 112 cm³/mol. The summed E-state index contributed by atoms with van der Waals surface area (Å²) in [4.78, 5) is 12.3. The van der Waals surface area contributed by atoms with Gasteiger partial charge in [-0.2, -0.15) is 11.8 Å². The van der Waals surface area contributed by atoms with E-state index in [1.54, 1.807) is 11.8 Å². The molecule has 2 aromatic carbocycles. The van der Waals surface area contributed by atoms with Crippen LogP contribution in [0.3, 0.4) is 0 Å². The maximum atomic E-state index is 12.3. The predicted octanol–water partition coefficient (Wildman–Crippen LogP) is 5.51. The number of rotatable bonds is 9. The Balaban J connectivity index is 1.73. The first-order valence-corrected chi connectivity index (χ1v) is 10.4. The average molecular weight is 412 g/mol. The van der Waals surface area contributed by atoms with Crippen molar-refractivity contribution in [2.24, 2.45) is 0 Å². The van der Waals surface area contributed by atoms with E-state index in [2.05, 4.69) is 5.32 Å². The minimum Gasteiger partial charge on any atom is -0.481 e. The van der Waals surface area contributed by atoms with Crippen LogP contribution in [0.25, 0.3) is 0 Å². The Kier molecular flexibility index (Phi) is 8.63. The van der Waals surface area contributed by atoms with Crippen LogP contribution in [0.5, 0.6) is 5.75 Å². The van der Waals surface area contributed by atoms with Gasteiger partial charge in [-0.05, 0) is 43.2 Å². The van der Waals surface area contributed by atoms with Gasteiger partial charge >= 0.3 is 0 Å². The molecule has 26 heavy (non-hydrogen) atoms. The van der Waals surface area contributed by atoms with Gasteiger partial charge in [0.25, 0.3) is 5.91 Å². The molecular weight excluding hydrogens is 389 g/mol. The Bertz CT molecular complexity index is 702. The van der Waals surface area contributed by atoms with Crippen molar-refractivity contribution < 1.29 is 9.53 Å². The number of carbonyl (C=O) groups excluding carboxylic acids is 1. The molecule has 0 aliphatic heterocycles. The summed E-state index contributed by atoms with van der Waals surface area (Å²) in [5, 5.41) is 4.28. The van der Waals surface area contributed by atoms with E-state index in [0.29, 0.717) is 34.5 Å². The highest BCUT2D eigenvalue weighted by Crippen LogP contribution is 2.28. The number of carbonyl (C=O) groups is 1. The van der Waals surface area contributed by atoms with E-state index in [0.717, 1.165) is 16.9 Å². The number of halogens is 2. The molecule has 3 nitrogen and oxygen atoms in total. The number of benzene rings is 2. The van der Waals surface area contributed by atoms with Crippen molar-refractivity contribution in [3.05, 3.63) is 63.6 Å². The van der Waals surface area contributed by atoms with Gasteiger partial charge in [0.2, 0.25) is 0 Å². The second-order valence-corrected chi connectivity index (χ2v) is 7.79. The average Bonchev–Trinajstić information content (AvgIpc) is 2.63. The van der Waals surface area contributed by atoms with E-state index in [1.807, 2.05) is 56.3 Å². The van der Waals surface area contributed by atoms with Crippen molar-refractivity contribution in [1.82, 2.24) is 5.32 Å². The van der Waals surface area contributed by atoms with Gasteiger partial charge in [-0.15, -0.1) is 0 Å². The van der Waals surface area contributed by atoms with Gasteiger partial charge in [-0.1, -0.05) is 53.9 Å². The highest BCUT2D eigenvalue weighted by atomic mass is 35.5. The van der Waals surface area contributed by atoms with Crippen molar-refractivity contribution >= 4 is 40.9 Å². The van der Waals surface area contributed by atoms with Gasteiger partial charge in [-0.3, -0.25) is 4.79 Å². The first-order valence-electron chi connectivity index (χ1n) is 8.53. The van der Waals surface area contributed by atoms with Crippen molar-refractivity contribution in [3.63, 3.8) is 0 Å². The summed E-state index contributed by atoms with van der Waals surface area (Å²) in [5.41, 5.74) is 2.09. The molecule has 1 N–H and O–H groups in total. The molecule has 140 valence electrons. The van der Waals surface area contributed by atoms with Crippen molar-refractivity contribution in [2.45, 2.75) is 32.1 Å². The third-order valence-electron chi connectivity index (χ3n) is 3.82. The van der Waals surface area contributed by atoms with Crippen LogP contribution in [-0.4, -0.2) is 24.3 Å². The maximum absolute atomic E-state index is 12.3. The zero-order valence-electron chi connectivity index (χ0n) is 14.9. The maximum Gasteiger partial charge on any atom is 0.261 e. The van der Waals surface area contributed by atoms with Crippen LogP contribution in [0.1, 0.15) is 24.5 Å². The molecule has 1 amide bonds. The van der Waals surface area contributed by atoms with Gasteiger partial charge < -0.3 is 10.1 Å². The van der Waals surface area contributed by atoms with Gasteiger partial charge in [0.15, 0.2) is 6.10 Å². The zero-order chi connectivity index (χ0) is 18.9. The SMILES string of the molecule is CC[C@H](Oc1ccc(C)cc1)C(=O)NCCSCc1c(Cl)cccc1Cl. The fourth-order valence-electron chi connectivity index (χ4n) is 2.31. The van der Waals surface area contributed by atoms with E-state index < -0.39 is 6.10 Å². The van der Waals surface area contributed by atoms with Crippen LogP contribution in [0.15, 0.2) is 42.5 Å². The summed E-state index contributed by atoms with van der Waals surface area (Å²) < 4.78 is 5.78. The lowest BCUT2D eigenvalue weighted by Gasteiger charge is -2.17. The molecule has 0 spiro atoms. The molecule has 0 aliphatic carbocycles. The summed E-state index contributed by atoms with van der Waals surface area (Å²) >= 11 is 14.0. The third-order valence-corrected chi connectivity index (χ3v) is 5.51. The van der Waals surface area contributed by atoms with Gasteiger partial charge in [0.05, 0.1) is 0 Å². The zero-order valence-corrected chi connectivity index (χ0v) is 17.3. The first-order chi connectivity index (χ1) is 12.5. The molecular formula is C20H23Cl2NO2S. The van der Waals surface area contributed by atoms with E-state index in [1.165, 1.54) is 0 Å². The van der Waals surface area contributed by atoms with Crippen LogP contribution < -0.4 is 10.1 Å². The van der Waals surface area contributed by atoms with E-state index in [9.17, 15) is 4.79 Å². The second-order valence-electron chi connectivity index (χ2n) is 5.87. The van der Waals surface area contributed by atoms with E-state index >= 15 is 0 Å². The van der Waals surface area contributed by atoms with Gasteiger partial charge in [-0.25, -0.2) is 0 Å². The number of hydrogen-bond acceptors (Lipinski definition) is 3. The molecule has 1 atom stereocenters. The number of amides is 1. The van der Waals surface area contributed by atoms with Crippen LogP contribution in [0.2, 0.25) is 10.0 Å². The Morgan fingerprint density at radius 2 is 1.81 bits per heavy atom. The number of thioether (sulfide) groups is 1. The first kappa shape index (κ1) is 20.9. The highest BCUT2D eigenvalue weighted by molar-refractivity contribution is 7.98. The summed E-state index contributed by atoms with van der Waals surface area (Å²) in [6.07, 6.45) is 0.128. The van der Waals surface area contributed by atoms with Gasteiger partial charge in [0.1, 0.15) is 5.75 Å². The number of aryl methyl sites for hydroxylation is 1. The standard InChI is InChI=1S/C20H23Cl2NO2S/c1-3-19(25-15-9-7-14(2)8-10-15)20(24)23-11-12-26-13-16-17(21)5-4-6-18(16)22/h4-10,19H,3,11-13H2,1-2H3,(H,23,24)/t19-/m0/s1. The monoisotopic (exact) mass is 411 g/mol. The Morgan fingerprint density at radius 1 is 1.15 bits per heavy atom. The Morgan fingerprint density at radius 3 is 2.42 bits per heavy atom. The molecule has 0 heterocycles. The molecule has 2 rings (SSSR count). The Labute approximate surface area is 169 Å². The molecule has 0 radical (unpaired) electrons. The van der Waals surface area contributed by atoms with Crippen LogP contribution in [0.4, 0.5) is 0 Å². The van der Waals surface area contributed by atoms with Crippen LogP contribution in [-0.2, 0) is 10.5 Å². The molecule has 0 saturated heterocycles. The molecule has 6 heteroatoms. The summed E-state index contributed by atoms with van der Waals surface area (Å²) in [7, 11) is 0. The number of nitrogens with one attached hydrogen (secondary N) is 1. The molecule has 2 aromatic rings. The molecule has 0 bridgehead atoms. The summed E-state index contributed by atoms with van der Waals surface area (Å²) in [5.74, 6) is 2.10. The Hall–Kier alpha value is -1.36. The topological polar surface area (TPSA) is 38.3 Å². The molecule has 0 aliphatic rings. The van der Waals surface area contributed by atoms with Gasteiger partial charge in [0, 0.05) is 28.1 Å². The molecule has 0 saturated carbocycles. The molecule has 0 aromatic heterocycles. The highest BCUT2D eigenvalue weighted by Gasteiger charge is 2.17. The molecule has 0 unspecified atom stereocenters. The minimum atomic E-state index is -0.485.